The van der Waals surface area contributed by atoms with Crippen molar-refractivity contribution in [2.45, 2.75) is 57.7 Å². The third-order valence-corrected chi connectivity index (χ3v) is 6.82. The summed E-state index contributed by atoms with van der Waals surface area (Å²) in [6, 6.07) is 10.6. The average molecular weight is 447 g/mol. The van der Waals surface area contributed by atoms with Gasteiger partial charge in [-0.2, -0.15) is 5.10 Å². The molecule has 3 unspecified atom stereocenters. The highest BCUT2D eigenvalue weighted by atomic mass is 16.5. The van der Waals surface area contributed by atoms with E-state index >= 15 is 0 Å². The maximum atomic E-state index is 13.5. The van der Waals surface area contributed by atoms with Gasteiger partial charge in [-0.1, -0.05) is 56.0 Å². The summed E-state index contributed by atoms with van der Waals surface area (Å²) in [6.07, 6.45) is 11.8. The predicted molar refractivity (Wildman–Crippen MR) is 132 cm³/mol. The molecule has 1 aromatic carbocycles. The smallest absolute Gasteiger partial charge is 0.259 e. The Balaban J connectivity index is 1.54. The highest BCUT2D eigenvalue weighted by Crippen LogP contribution is 2.42. The number of likely N-dealkylation sites (tertiary alicyclic amines) is 1. The van der Waals surface area contributed by atoms with E-state index in [1.807, 2.05) is 40.8 Å². The normalized spacial score (nSPS) is 25.1. The fourth-order valence-electron chi connectivity index (χ4n) is 4.69. The fraction of sp³-hybridized carbons (Fsp3) is 0.407. The first kappa shape index (κ1) is 22.9. The molecule has 3 heterocycles. The number of fused-ring (bicyclic) bond motifs is 1. The first-order valence-electron chi connectivity index (χ1n) is 11.8. The SMILES string of the molecule is C=C/C(=C\C=C/C)OC1CCN(C(=O)c2cnn3c2NC(c2ccccc2)CC3(C)CC)C1. The van der Waals surface area contributed by atoms with Crippen LogP contribution in [0.2, 0.25) is 0 Å². The molecule has 4 rings (SSSR count). The number of aromatic nitrogens is 2. The molecule has 0 spiro atoms. The van der Waals surface area contributed by atoms with Crippen LogP contribution in [0.4, 0.5) is 5.82 Å². The van der Waals surface area contributed by atoms with Crippen molar-refractivity contribution in [3.63, 3.8) is 0 Å². The lowest BCUT2D eigenvalue weighted by Crippen LogP contribution is -2.40. The lowest BCUT2D eigenvalue weighted by molar-refractivity contribution is 0.0746. The van der Waals surface area contributed by atoms with Gasteiger partial charge in [0.15, 0.2) is 0 Å². The molecule has 33 heavy (non-hydrogen) atoms. The summed E-state index contributed by atoms with van der Waals surface area (Å²) < 4.78 is 8.07. The second-order valence-electron chi connectivity index (χ2n) is 9.06. The summed E-state index contributed by atoms with van der Waals surface area (Å²) in [4.78, 5) is 15.4. The van der Waals surface area contributed by atoms with Gasteiger partial charge in [0.1, 0.15) is 23.2 Å². The molecule has 0 bridgehead atoms. The number of nitrogens with zero attached hydrogens (tertiary/aromatic N) is 3. The molecule has 6 nitrogen and oxygen atoms in total. The second kappa shape index (κ2) is 9.69. The minimum absolute atomic E-state index is 0.000369. The van der Waals surface area contributed by atoms with E-state index in [0.717, 1.165) is 30.8 Å². The van der Waals surface area contributed by atoms with Crippen LogP contribution < -0.4 is 5.32 Å². The number of rotatable bonds is 7. The predicted octanol–water partition coefficient (Wildman–Crippen LogP) is 5.44. The number of hydrogen-bond donors (Lipinski definition) is 1. The maximum absolute atomic E-state index is 13.5. The largest absolute Gasteiger partial charge is 0.489 e. The maximum Gasteiger partial charge on any atom is 0.259 e. The molecule has 1 saturated heterocycles. The van der Waals surface area contributed by atoms with E-state index in [4.69, 9.17) is 4.74 Å². The van der Waals surface area contributed by atoms with Gasteiger partial charge in [0.25, 0.3) is 5.91 Å². The third-order valence-electron chi connectivity index (χ3n) is 6.82. The van der Waals surface area contributed by atoms with Gasteiger partial charge < -0.3 is 15.0 Å². The molecule has 2 aliphatic heterocycles. The molecule has 1 amide bonds. The zero-order chi connectivity index (χ0) is 23.4. The second-order valence-corrected chi connectivity index (χ2v) is 9.06. The van der Waals surface area contributed by atoms with Crippen molar-refractivity contribution in [3.05, 3.63) is 84.3 Å². The number of benzene rings is 1. The molecule has 0 radical (unpaired) electrons. The lowest BCUT2D eigenvalue weighted by atomic mass is 9.85. The summed E-state index contributed by atoms with van der Waals surface area (Å²) in [5, 5.41) is 8.28. The van der Waals surface area contributed by atoms with Crippen molar-refractivity contribution in [3.8, 4) is 0 Å². The average Bonchev–Trinajstić information content (AvgIpc) is 3.49. The lowest BCUT2D eigenvalue weighted by Gasteiger charge is -2.40. The summed E-state index contributed by atoms with van der Waals surface area (Å²) in [5.41, 5.74) is 1.69. The van der Waals surface area contributed by atoms with E-state index in [1.54, 1.807) is 12.3 Å². The van der Waals surface area contributed by atoms with Crippen LogP contribution in [0, 0.1) is 0 Å². The Hall–Kier alpha value is -3.28. The third kappa shape index (κ3) is 4.61. The van der Waals surface area contributed by atoms with E-state index in [9.17, 15) is 4.79 Å². The van der Waals surface area contributed by atoms with Crippen LogP contribution >= 0.6 is 0 Å². The Morgan fingerprint density at radius 1 is 1.36 bits per heavy atom. The minimum atomic E-state index is -0.160. The summed E-state index contributed by atoms with van der Waals surface area (Å²) >= 11 is 0. The number of nitrogens with one attached hydrogen (secondary N) is 1. The van der Waals surface area contributed by atoms with Crippen LogP contribution in [-0.2, 0) is 10.3 Å². The molecule has 1 aromatic heterocycles. The quantitative estimate of drug-likeness (QED) is 0.454. The van der Waals surface area contributed by atoms with Gasteiger partial charge in [0, 0.05) is 13.0 Å². The first-order chi connectivity index (χ1) is 16.0. The monoisotopic (exact) mass is 446 g/mol. The number of carbonyl (C=O) groups is 1. The Kier molecular flexibility index (Phi) is 6.72. The van der Waals surface area contributed by atoms with Gasteiger partial charge in [0.2, 0.25) is 0 Å². The van der Waals surface area contributed by atoms with E-state index in [0.29, 0.717) is 18.7 Å². The van der Waals surface area contributed by atoms with Crippen molar-refractivity contribution in [2.24, 2.45) is 0 Å². The first-order valence-corrected chi connectivity index (χ1v) is 11.8. The van der Waals surface area contributed by atoms with E-state index in [-0.39, 0.29) is 23.6 Å². The molecule has 0 saturated carbocycles. The van der Waals surface area contributed by atoms with Gasteiger partial charge in [-0.25, -0.2) is 4.68 Å². The van der Waals surface area contributed by atoms with Crippen LogP contribution in [0.25, 0.3) is 0 Å². The molecule has 6 heteroatoms. The zero-order valence-electron chi connectivity index (χ0n) is 19.8. The Morgan fingerprint density at radius 2 is 2.15 bits per heavy atom. The number of amides is 1. The molecule has 174 valence electrons. The Bertz CT molecular complexity index is 1060. The summed E-state index contributed by atoms with van der Waals surface area (Å²) in [5.74, 6) is 1.54. The van der Waals surface area contributed by atoms with Gasteiger partial charge in [-0.15, -0.1) is 0 Å². The number of hydrogen-bond acceptors (Lipinski definition) is 4. The number of allylic oxidation sites excluding steroid dienone is 4. The van der Waals surface area contributed by atoms with Crippen molar-refractivity contribution in [1.29, 1.82) is 0 Å². The van der Waals surface area contributed by atoms with Gasteiger partial charge >= 0.3 is 0 Å². The van der Waals surface area contributed by atoms with Crippen LogP contribution in [0.5, 0.6) is 0 Å². The van der Waals surface area contributed by atoms with Crippen LogP contribution in [0.3, 0.4) is 0 Å². The molecule has 1 fully saturated rings. The molecular weight excluding hydrogens is 412 g/mol. The van der Waals surface area contributed by atoms with Gasteiger partial charge in [-0.3, -0.25) is 4.79 Å². The molecule has 2 aromatic rings. The molecule has 2 aliphatic rings. The molecule has 3 atom stereocenters. The fourth-order valence-corrected chi connectivity index (χ4v) is 4.69. The van der Waals surface area contributed by atoms with Crippen molar-refractivity contribution < 1.29 is 9.53 Å². The van der Waals surface area contributed by atoms with Crippen molar-refractivity contribution in [2.75, 3.05) is 18.4 Å². The standard InChI is InChI=1S/C27H34N4O2/c1-5-8-14-21(6-2)33-22-15-16-30(19-22)26(32)23-18-28-31-25(23)29-24(17-27(31,4)7-3)20-12-10-9-11-13-20/h5-6,8-14,18,22,24,29H,2,7,15-17,19H2,1,3-4H3/b8-5-,21-14+. The van der Waals surface area contributed by atoms with Crippen molar-refractivity contribution >= 4 is 11.7 Å². The van der Waals surface area contributed by atoms with Crippen LogP contribution in [0.1, 0.15) is 62.0 Å². The number of ether oxygens (including phenoxy) is 1. The molecule has 1 N–H and O–H groups in total. The number of anilines is 1. The zero-order valence-corrected chi connectivity index (χ0v) is 19.8. The van der Waals surface area contributed by atoms with E-state index < -0.39 is 0 Å². The summed E-state index contributed by atoms with van der Waals surface area (Å²) in [6.45, 7) is 11.4. The van der Waals surface area contributed by atoms with E-state index in [1.165, 1.54) is 5.56 Å². The topological polar surface area (TPSA) is 59.4 Å². The van der Waals surface area contributed by atoms with Crippen molar-refractivity contribution in [1.82, 2.24) is 14.7 Å². The Labute approximate surface area is 196 Å². The number of carbonyl (C=O) groups excluding carboxylic acids is 1. The van der Waals surface area contributed by atoms with Crippen LogP contribution in [-0.4, -0.2) is 39.8 Å². The molecular formula is C27H34N4O2. The Morgan fingerprint density at radius 3 is 2.85 bits per heavy atom. The molecule has 0 aliphatic carbocycles. The minimum Gasteiger partial charge on any atom is -0.489 e. The van der Waals surface area contributed by atoms with Gasteiger partial charge in [0.05, 0.1) is 24.3 Å². The highest BCUT2D eigenvalue weighted by Gasteiger charge is 2.40. The van der Waals surface area contributed by atoms with Crippen LogP contribution in [0.15, 0.2) is 73.2 Å². The highest BCUT2D eigenvalue weighted by molar-refractivity contribution is 5.99. The van der Waals surface area contributed by atoms with E-state index in [2.05, 4.69) is 55.1 Å². The van der Waals surface area contributed by atoms with Gasteiger partial charge in [-0.05, 0) is 44.4 Å². The summed E-state index contributed by atoms with van der Waals surface area (Å²) in [7, 11) is 0.